The van der Waals surface area contributed by atoms with Crippen molar-refractivity contribution in [2.24, 2.45) is 7.05 Å². The van der Waals surface area contributed by atoms with Gasteiger partial charge in [0.1, 0.15) is 24.2 Å². The zero-order valence-electron chi connectivity index (χ0n) is 15.0. The Morgan fingerprint density at radius 2 is 1.79 bits per heavy atom. The first-order chi connectivity index (χ1) is 13.9. The van der Waals surface area contributed by atoms with Crippen molar-refractivity contribution < 1.29 is 19.8 Å². The smallest absolute Gasteiger partial charge is 0.414 e. The first-order valence-corrected chi connectivity index (χ1v) is 8.59. The van der Waals surface area contributed by atoms with Crippen molar-refractivity contribution in [1.82, 2.24) is 29.8 Å². The van der Waals surface area contributed by atoms with E-state index < -0.39 is 11.9 Å². The van der Waals surface area contributed by atoms with E-state index in [1.54, 1.807) is 11.0 Å². The fourth-order valence-electron chi connectivity index (χ4n) is 2.74. The maximum Gasteiger partial charge on any atom is 0.414 e. The molecule has 0 aliphatic heterocycles. The lowest BCUT2D eigenvalue weighted by atomic mass is 9.98. The van der Waals surface area contributed by atoms with Gasteiger partial charge in [0.05, 0.1) is 5.52 Å². The fourth-order valence-corrected chi connectivity index (χ4v) is 2.94. The molecule has 4 rings (SSSR count). The van der Waals surface area contributed by atoms with Crippen LogP contribution < -0.4 is 0 Å². The second-order valence-corrected chi connectivity index (χ2v) is 6.34. The monoisotopic (exact) mass is 414 g/mol. The zero-order chi connectivity index (χ0) is 21.0. The molecule has 1 atom stereocenters. The van der Waals surface area contributed by atoms with Crippen LogP contribution in [0.25, 0.3) is 11.0 Å². The van der Waals surface area contributed by atoms with E-state index in [1.165, 1.54) is 6.33 Å². The maximum absolute atomic E-state index is 9.10. The minimum absolute atomic E-state index is 0.115. The molecule has 2 heterocycles. The summed E-state index contributed by atoms with van der Waals surface area (Å²) >= 11 is 6.17. The number of nitrogens with zero attached hydrogens (tertiary/aromatic N) is 6. The van der Waals surface area contributed by atoms with Crippen molar-refractivity contribution in [3.63, 3.8) is 0 Å². The summed E-state index contributed by atoms with van der Waals surface area (Å²) < 4.78 is 3.58. The van der Waals surface area contributed by atoms with E-state index in [1.807, 2.05) is 48.1 Å². The van der Waals surface area contributed by atoms with Crippen LogP contribution in [0, 0.1) is 0 Å². The molecule has 0 aliphatic carbocycles. The molecule has 2 aromatic carbocycles. The third-order valence-electron chi connectivity index (χ3n) is 4.00. The highest BCUT2D eigenvalue weighted by atomic mass is 35.5. The lowest BCUT2D eigenvalue weighted by Gasteiger charge is -2.18. The second kappa shape index (κ2) is 8.48. The molecule has 0 radical (unpaired) electrons. The molecule has 0 spiro atoms. The van der Waals surface area contributed by atoms with E-state index >= 15 is 0 Å². The van der Waals surface area contributed by atoms with Crippen LogP contribution in [0.4, 0.5) is 0 Å². The van der Waals surface area contributed by atoms with Crippen molar-refractivity contribution in [1.29, 1.82) is 0 Å². The number of carbonyl (C=O) groups is 2. The van der Waals surface area contributed by atoms with Crippen molar-refractivity contribution in [2.45, 2.75) is 6.04 Å². The normalized spacial score (nSPS) is 11.5. The zero-order valence-corrected chi connectivity index (χ0v) is 15.8. The highest BCUT2D eigenvalue weighted by Crippen LogP contribution is 2.29. The summed E-state index contributed by atoms with van der Waals surface area (Å²) in [6.45, 7) is 0. The molecular formula is C18H15ClN6O4. The number of carboxylic acids is 2. The number of hydrogen-bond acceptors (Lipinski definition) is 6. The third-order valence-corrected chi connectivity index (χ3v) is 4.23. The molecule has 10 nitrogen and oxygen atoms in total. The molecule has 0 aliphatic rings. The Balaban J connectivity index is 0.000000353. The lowest BCUT2D eigenvalue weighted by molar-refractivity contribution is -0.159. The number of rotatable bonds is 3. The molecule has 0 saturated heterocycles. The Bertz CT molecular complexity index is 1150. The van der Waals surface area contributed by atoms with Gasteiger partial charge in [-0.2, -0.15) is 5.10 Å². The van der Waals surface area contributed by atoms with Gasteiger partial charge in [0.25, 0.3) is 0 Å². The topological polar surface area (TPSA) is 136 Å². The van der Waals surface area contributed by atoms with Crippen molar-refractivity contribution >= 4 is 34.6 Å². The Kier molecular flexibility index (Phi) is 5.84. The van der Waals surface area contributed by atoms with Crippen LogP contribution in [0.5, 0.6) is 0 Å². The number of aryl methyl sites for hydroxylation is 1. The number of halogens is 1. The van der Waals surface area contributed by atoms with E-state index in [-0.39, 0.29) is 6.04 Å². The van der Waals surface area contributed by atoms with Crippen LogP contribution in [0.3, 0.4) is 0 Å². The highest BCUT2D eigenvalue weighted by Gasteiger charge is 2.18. The van der Waals surface area contributed by atoms with Gasteiger partial charge in [0.15, 0.2) is 0 Å². The summed E-state index contributed by atoms with van der Waals surface area (Å²) in [6, 6.07) is 13.7. The molecular weight excluding hydrogens is 400 g/mol. The van der Waals surface area contributed by atoms with E-state index in [0.717, 1.165) is 22.2 Å². The number of benzene rings is 2. The van der Waals surface area contributed by atoms with Crippen LogP contribution in [0.2, 0.25) is 5.02 Å². The van der Waals surface area contributed by atoms with Gasteiger partial charge in [-0.05, 0) is 35.4 Å². The Morgan fingerprint density at radius 1 is 1.07 bits per heavy atom. The Labute approximate surface area is 169 Å². The molecule has 148 valence electrons. The number of hydrogen-bond donors (Lipinski definition) is 2. The number of aromatic nitrogens is 6. The molecule has 2 aromatic heterocycles. The number of aliphatic carboxylic acids is 2. The van der Waals surface area contributed by atoms with Gasteiger partial charge in [-0.15, -0.1) is 5.10 Å². The van der Waals surface area contributed by atoms with Crippen LogP contribution in [0.15, 0.2) is 55.1 Å². The van der Waals surface area contributed by atoms with Crippen LogP contribution in [-0.2, 0) is 16.6 Å². The number of fused-ring (bicyclic) bond motifs is 1. The predicted molar refractivity (Wildman–Crippen MR) is 102 cm³/mol. The predicted octanol–water partition coefficient (Wildman–Crippen LogP) is 2.01. The summed E-state index contributed by atoms with van der Waals surface area (Å²) in [6.07, 6.45) is 3.24. The quantitative estimate of drug-likeness (QED) is 0.486. The van der Waals surface area contributed by atoms with Crippen LogP contribution in [0.1, 0.15) is 17.2 Å². The molecule has 4 aromatic rings. The molecule has 0 bridgehead atoms. The average molecular weight is 415 g/mol. The summed E-state index contributed by atoms with van der Waals surface area (Å²) in [4.78, 5) is 22.3. The van der Waals surface area contributed by atoms with Gasteiger partial charge in [-0.25, -0.2) is 23.9 Å². The maximum atomic E-state index is 9.10. The van der Waals surface area contributed by atoms with Gasteiger partial charge < -0.3 is 10.2 Å². The van der Waals surface area contributed by atoms with Crippen molar-refractivity contribution in [3.05, 3.63) is 71.3 Å². The third kappa shape index (κ3) is 4.55. The number of carboxylic acid groups (broad SMARTS) is 2. The van der Waals surface area contributed by atoms with Gasteiger partial charge in [-0.1, -0.05) is 35.0 Å². The highest BCUT2D eigenvalue weighted by molar-refractivity contribution is 6.30. The summed E-state index contributed by atoms with van der Waals surface area (Å²) in [5.41, 5.74) is 3.93. The fraction of sp³-hybridized carbons (Fsp3) is 0.111. The van der Waals surface area contributed by atoms with Gasteiger partial charge in [0, 0.05) is 12.1 Å². The standard InChI is InChI=1S/C16H13ClN6.C2H2O4/c1-22-15-8-12(5-6-14(15)20-21-22)16(23-10-18-9-19-23)11-3-2-4-13(17)7-11;3-1(4)2(5)6/h2-10,16H,1H3;(H,3,4)(H,5,6). The molecule has 2 N–H and O–H groups in total. The van der Waals surface area contributed by atoms with E-state index in [2.05, 4.69) is 26.5 Å². The van der Waals surface area contributed by atoms with Crippen molar-refractivity contribution in [3.8, 4) is 0 Å². The SMILES string of the molecule is Cn1nnc2ccc(C(c3cccc(Cl)c3)n3cncn3)cc21.O=C(O)C(=O)O. The summed E-state index contributed by atoms with van der Waals surface area (Å²) in [7, 11) is 1.88. The van der Waals surface area contributed by atoms with Gasteiger partial charge >= 0.3 is 11.9 Å². The van der Waals surface area contributed by atoms with Crippen LogP contribution >= 0.6 is 11.6 Å². The summed E-state index contributed by atoms with van der Waals surface area (Å²) in [5, 5.41) is 28.0. The molecule has 0 fully saturated rings. The van der Waals surface area contributed by atoms with Gasteiger partial charge in [0.2, 0.25) is 0 Å². The Hall–Kier alpha value is -3.79. The summed E-state index contributed by atoms with van der Waals surface area (Å²) in [5.74, 6) is -3.65. The second-order valence-electron chi connectivity index (χ2n) is 5.90. The van der Waals surface area contributed by atoms with Gasteiger partial charge in [-0.3, -0.25) is 0 Å². The Morgan fingerprint density at radius 3 is 2.41 bits per heavy atom. The van der Waals surface area contributed by atoms with E-state index in [0.29, 0.717) is 5.02 Å². The molecule has 0 saturated carbocycles. The largest absolute Gasteiger partial charge is 0.473 e. The minimum Gasteiger partial charge on any atom is -0.473 e. The lowest BCUT2D eigenvalue weighted by Crippen LogP contribution is -2.13. The first kappa shape index (κ1) is 20.0. The average Bonchev–Trinajstić information content (AvgIpc) is 3.33. The molecule has 29 heavy (non-hydrogen) atoms. The van der Waals surface area contributed by atoms with Crippen molar-refractivity contribution in [2.75, 3.05) is 0 Å². The first-order valence-electron chi connectivity index (χ1n) is 8.22. The van der Waals surface area contributed by atoms with Crippen LogP contribution in [-0.4, -0.2) is 51.9 Å². The van der Waals surface area contributed by atoms with E-state index in [4.69, 9.17) is 31.4 Å². The molecule has 1 unspecified atom stereocenters. The van der Waals surface area contributed by atoms with E-state index in [9.17, 15) is 0 Å². The minimum atomic E-state index is -1.82. The molecule has 11 heteroatoms. The molecule has 0 amide bonds.